The van der Waals surface area contributed by atoms with Gasteiger partial charge >= 0.3 is 0 Å². The topological polar surface area (TPSA) is 123 Å². The van der Waals surface area contributed by atoms with Crippen molar-refractivity contribution in [2.45, 2.75) is 45.3 Å². The fourth-order valence-corrected chi connectivity index (χ4v) is 3.46. The van der Waals surface area contributed by atoms with Gasteiger partial charge in [0.25, 0.3) is 0 Å². The van der Waals surface area contributed by atoms with Crippen LogP contribution in [-0.2, 0) is 25.7 Å². The second-order valence-electron chi connectivity index (χ2n) is 7.91. The monoisotopic (exact) mass is 458 g/mol. The Labute approximate surface area is 192 Å². The molecular weight excluding hydrogens is 428 g/mol. The summed E-state index contributed by atoms with van der Waals surface area (Å²) in [5, 5.41) is 9.13. The van der Waals surface area contributed by atoms with Crippen molar-refractivity contribution in [2.24, 2.45) is 0 Å². The number of hydrogen-bond donors (Lipinski definition) is 2. The highest BCUT2D eigenvalue weighted by molar-refractivity contribution is 5.93. The van der Waals surface area contributed by atoms with E-state index in [1.165, 1.54) is 4.90 Å². The molecule has 1 atom stereocenters. The van der Waals surface area contributed by atoms with Crippen LogP contribution < -0.4 is 15.4 Å². The first-order chi connectivity index (χ1) is 15.9. The molecule has 1 aromatic carbocycles. The van der Waals surface area contributed by atoms with Crippen molar-refractivity contribution in [2.75, 3.05) is 32.1 Å². The van der Waals surface area contributed by atoms with E-state index >= 15 is 0 Å². The van der Waals surface area contributed by atoms with Crippen LogP contribution in [-0.4, -0.2) is 60.7 Å². The molecule has 2 aromatic rings. The Morgan fingerprint density at radius 1 is 1.18 bits per heavy atom. The Balaban J connectivity index is 1.56. The minimum atomic E-state index is -0.358. The van der Waals surface area contributed by atoms with Crippen molar-refractivity contribution in [1.82, 2.24) is 15.4 Å². The highest BCUT2D eigenvalue weighted by Gasteiger charge is 2.21. The number of ether oxygens (including phenoxy) is 2. The molecule has 2 N–H and O–H groups in total. The number of aryl methyl sites for hydroxylation is 1. The molecular formula is C23H30N4O6. The lowest BCUT2D eigenvalue weighted by molar-refractivity contribution is -0.137. The molecule has 0 radical (unpaired) electrons. The summed E-state index contributed by atoms with van der Waals surface area (Å²) >= 11 is 0. The maximum Gasteiger partial charge on any atom is 0.239 e. The van der Waals surface area contributed by atoms with E-state index in [9.17, 15) is 14.4 Å². The predicted molar refractivity (Wildman–Crippen MR) is 119 cm³/mol. The average Bonchev–Trinajstić information content (AvgIpc) is 3.47. The fourth-order valence-electron chi connectivity index (χ4n) is 3.46. The number of nitrogens with one attached hydrogen (secondary N) is 2. The van der Waals surface area contributed by atoms with E-state index in [2.05, 4.69) is 15.8 Å². The summed E-state index contributed by atoms with van der Waals surface area (Å²) < 4.78 is 15.6. The van der Waals surface area contributed by atoms with Crippen LogP contribution in [0.2, 0.25) is 0 Å². The standard InChI is InChI=1S/C23H30N4O6/c1-16-12-20(26-33-16)25-21(28)9-10-23(30)27(14-17-5-7-18(31-2)8-6-17)15-22(29)24-13-19-4-3-11-32-19/h5-8,12,19H,3-4,9-11,13-15H2,1-2H3,(H,24,29)(H,25,26,28)/t19-/m0/s1. The molecule has 2 heterocycles. The van der Waals surface area contributed by atoms with Crippen molar-refractivity contribution in [3.05, 3.63) is 41.7 Å². The second-order valence-corrected chi connectivity index (χ2v) is 7.91. The molecule has 1 aromatic heterocycles. The summed E-state index contributed by atoms with van der Waals surface area (Å²) in [6.45, 7) is 2.97. The van der Waals surface area contributed by atoms with E-state index in [1.54, 1.807) is 32.2 Å². The van der Waals surface area contributed by atoms with Crippen LogP contribution >= 0.6 is 0 Å². The van der Waals surface area contributed by atoms with Gasteiger partial charge < -0.3 is 29.5 Å². The Morgan fingerprint density at radius 2 is 1.97 bits per heavy atom. The molecule has 0 aliphatic carbocycles. The summed E-state index contributed by atoms with van der Waals surface area (Å²) in [5.41, 5.74) is 0.846. The first-order valence-electron chi connectivity index (χ1n) is 10.9. The van der Waals surface area contributed by atoms with Crippen LogP contribution in [0.4, 0.5) is 5.82 Å². The van der Waals surface area contributed by atoms with Gasteiger partial charge in [0.2, 0.25) is 17.7 Å². The smallest absolute Gasteiger partial charge is 0.239 e. The Morgan fingerprint density at radius 3 is 2.61 bits per heavy atom. The van der Waals surface area contributed by atoms with Crippen LogP contribution in [0.3, 0.4) is 0 Å². The quantitative estimate of drug-likeness (QED) is 0.528. The number of carbonyl (C=O) groups is 3. The van der Waals surface area contributed by atoms with Gasteiger partial charge in [-0.15, -0.1) is 0 Å². The summed E-state index contributed by atoms with van der Waals surface area (Å²) in [6, 6.07) is 8.85. The molecule has 0 spiro atoms. The highest BCUT2D eigenvalue weighted by atomic mass is 16.5. The van der Waals surface area contributed by atoms with Gasteiger partial charge in [0, 0.05) is 38.6 Å². The van der Waals surface area contributed by atoms with Gasteiger partial charge in [0.05, 0.1) is 19.8 Å². The van der Waals surface area contributed by atoms with Gasteiger partial charge in [0.15, 0.2) is 5.82 Å². The number of carbonyl (C=O) groups excluding carboxylic acids is 3. The minimum absolute atomic E-state index is 0.0172. The summed E-state index contributed by atoms with van der Waals surface area (Å²) in [4.78, 5) is 39.0. The van der Waals surface area contributed by atoms with E-state index < -0.39 is 0 Å². The molecule has 0 bridgehead atoms. The average molecular weight is 459 g/mol. The van der Waals surface area contributed by atoms with E-state index in [-0.39, 0.29) is 49.8 Å². The number of aromatic nitrogens is 1. The molecule has 33 heavy (non-hydrogen) atoms. The van der Waals surface area contributed by atoms with Gasteiger partial charge in [-0.25, -0.2) is 0 Å². The molecule has 178 valence electrons. The van der Waals surface area contributed by atoms with E-state index in [1.807, 2.05) is 12.1 Å². The SMILES string of the molecule is COc1ccc(CN(CC(=O)NC[C@@H]2CCCO2)C(=O)CCC(=O)Nc2cc(C)on2)cc1. The van der Waals surface area contributed by atoms with Crippen molar-refractivity contribution >= 4 is 23.5 Å². The number of amides is 3. The molecule has 1 saturated heterocycles. The maximum absolute atomic E-state index is 12.9. The molecule has 3 rings (SSSR count). The third-order valence-corrected chi connectivity index (χ3v) is 5.23. The Kier molecular flexibility index (Phi) is 8.82. The normalized spacial score (nSPS) is 15.2. The van der Waals surface area contributed by atoms with Gasteiger partial charge in [-0.3, -0.25) is 14.4 Å². The molecule has 1 aliphatic heterocycles. The summed E-state index contributed by atoms with van der Waals surface area (Å²) in [5.74, 6) is 0.642. The first kappa shape index (κ1) is 24.2. The number of anilines is 1. The Bertz CT molecular complexity index is 937. The summed E-state index contributed by atoms with van der Waals surface area (Å²) in [6.07, 6.45) is 1.83. The van der Waals surface area contributed by atoms with Crippen molar-refractivity contribution < 1.29 is 28.4 Å². The van der Waals surface area contributed by atoms with Crippen LogP contribution in [0.5, 0.6) is 5.75 Å². The molecule has 3 amide bonds. The third-order valence-electron chi connectivity index (χ3n) is 5.23. The van der Waals surface area contributed by atoms with Gasteiger partial charge in [-0.05, 0) is 37.5 Å². The number of hydrogen-bond acceptors (Lipinski definition) is 7. The molecule has 10 heteroatoms. The zero-order valence-corrected chi connectivity index (χ0v) is 19.0. The van der Waals surface area contributed by atoms with Crippen molar-refractivity contribution in [1.29, 1.82) is 0 Å². The van der Waals surface area contributed by atoms with Gasteiger partial charge in [0.1, 0.15) is 11.5 Å². The maximum atomic E-state index is 12.9. The fraction of sp³-hybridized carbons (Fsp3) is 0.478. The predicted octanol–water partition coefficient (Wildman–Crippen LogP) is 2.03. The molecule has 1 fully saturated rings. The molecule has 10 nitrogen and oxygen atoms in total. The molecule has 1 aliphatic rings. The number of rotatable bonds is 11. The minimum Gasteiger partial charge on any atom is -0.497 e. The largest absolute Gasteiger partial charge is 0.497 e. The van der Waals surface area contributed by atoms with Gasteiger partial charge in [-0.1, -0.05) is 17.3 Å². The lowest BCUT2D eigenvalue weighted by Crippen LogP contribution is -2.42. The first-order valence-corrected chi connectivity index (χ1v) is 10.9. The third kappa shape index (κ3) is 7.90. The lowest BCUT2D eigenvalue weighted by atomic mass is 10.1. The van der Waals surface area contributed by atoms with Crippen molar-refractivity contribution in [3.8, 4) is 5.75 Å². The zero-order chi connectivity index (χ0) is 23.6. The van der Waals surface area contributed by atoms with Crippen LogP contribution in [0.1, 0.15) is 37.0 Å². The van der Waals surface area contributed by atoms with Crippen LogP contribution in [0, 0.1) is 6.92 Å². The Hall–Kier alpha value is -3.40. The zero-order valence-electron chi connectivity index (χ0n) is 19.0. The van der Waals surface area contributed by atoms with Crippen LogP contribution in [0.15, 0.2) is 34.9 Å². The number of nitrogens with zero attached hydrogens (tertiary/aromatic N) is 2. The van der Waals surface area contributed by atoms with E-state index in [0.717, 1.165) is 18.4 Å². The van der Waals surface area contributed by atoms with E-state index in [4.69, 9.17) is 14.0 Å². The molecule has 0 unspecified atom stereocenters. The highest BCUT2D eigenvalue weighted by Crippen LogP contribution is 2.15. The van der Waals surface area contributed by atoms with E-state index in [0.29, 0.717) is 30.5 Å². The van der Waals surface area contributed by atoms with Crippen LogP contribution in [0.25, 0.3) is 0 Å². The lowest BCUT2D eigenvalue weighted by Gasteiger charge is -2.23. The van der Waals surface area contributed by atoms with Gasteiger partial charge in [-0.2, -0.15) is 0 Å². The number of methoxy groups -OCH3 is 1. The summed E-state index contributed by atoms with van der Waals surface area (Å²) in [7, 11) is 1.58. The molecule has 0 saturated carbocycles. The van der Waals surface area contributed by atoms with Crippen molar-refractivity contribution in [3.63, 3.8) is 0 Å². The number of benzene rings is 1. The second kappa shape index (κ2) is 12.0.